The predicted octanol–water partition coefficient (Wildman–Crippen LogP) is 4.84. The standard InChI is InChI=1S/C28H29ClN6O/c1-18-13-20(4-7-24(18)19-5-8-26-22(14-19)16-31-28(30)33-26)27(36)32-23-6-3-21(25(29)15-23)17-35-11-9-34(2)10-12-35/h3-8,13-16H,9-12,17H2,1-2H3,(H,32,36)(H2,30,31,33). The second-order valence-corrected chi connectivity index (χ2v) is 9.78. The summed E-state index contributed by atoms with van der Waals surface area (Å²) >= 11 is 6.57. The molecular formula is C28H29ClN6O. The van der Waals surface area contributed by atoms with Gasteiger partial charge in [-0.2, -0.15) is 0 Å². The van der Waals surface area contributed by atoms with E-state index in [0.29, 0.717) is 16.3 Å². The summed E-state index contributed by atoms with van der Waals surface area (Å²) in [5.74, 6) is 0.0858. The molecule has 0 atom stereocenters. The monoisotopic (exact) mass is 500 g/mol. The Morgan fingerprint density at radius 3 is 2.61 bits per heavy atom. The Hall–Kier alpha value is -3.52. The van der Waals surface area contributed by atoms with Crippen LogP contribution in [0.25, 0.3) is 22.0 Å². The molecule has 0 saturated carbocycles. The summed E-state index contributed by atoms with van der Waals surface area (Å²) in [6.07, 6.45) is 1.72. The topological polar surface area (TPSA) is 87.4 Å². The van der Waals surface area contributed by atoms with Gasteiger partial charge in [0.1, 0.15) is 0 Å². The van der Waals surface area contributed by atoms with E-state index in [-0.39, 0.29) is 11.9 Å². The number of nitrogens with one attached hydrogen (secondary N) is 1. The number of anilines is 2. The predicted molar refractivity (Wildman–Crippen MR) is 146 cm³/mol. The average molecular weight is 501 g/mol. The molecule has 0 bridgehead atoms. The highest BCUT2D eigenvalue weighted by atomic mass is 35.5. The number of nitrogens with zero attached hydrogens (tertiary/aromatic N) is 4. The van der Waals surface area contributed by atoms with Crippen LogP contribution in [0.1, 0.15) is 21.5 Å². The lowest BCUT2D eigenvalue weighted by atomic mass is 9.97. The maximum absolute atomic E-state index is 13.0. The summed E-state index contributed by atoms with van der Waals surface area (Å²) in [5.41, 5.74) is 11.9. The number of nitrogen functional groups attached to an aromatic ring is 1. The van der Waals surface area contributed by atoms with Crippen molar-refractivity contribution in [3.05, 3.63) is 82.5 Å². The largest absolute Gasteiger partial charge is 0.368 e. The Balaban J connectivity index is 1.28. The molecule has 1 aliphatic heterocycles. The fraction of sp³-hybridized carbons (Fsp3) is 0.250. The minimum Gasteiger partial charge on any atom is -0.368 e. The third-order valence-electron chi connectivity index (χ3n) is 6.70. The number of hydrogen-bond donors (Lipinski definition) is 2. The Morgan fingerprint density at radius 1 is 1.06 bits per heavy atom. The summed E-state index contributed by atoms with van der Waals surface area (Å²) in [6, 6.07) is 17.4. The van der Waals surface area contributed by atoms with Gasteiger partial charge in [-0.15, -0.1) is 0 Å². The van der Waals surface area contributed by atoms with Gasteiger partial charge in [-0.25, -0.2) is 9.97 Å². The summed E-state index contributed by atoms with van der Waals surface area (Å²) in [7, 11) is 2.15. The molecule has 1 aliphatic rings. The van der Waals surface area contributed by atoms with Gasteiger partial charge < -0.3 is 16.0 Å². The van der Waals surface area contributed by atoms with E-state index in [4.69, 9.17) is 17.3 Å². The van der Waals surface area contributed by atoms with Crippen LogP contribution in [-0.4, -0.2) is 58.9 Å². The molecule has 2 heterocycles. The number of nitrogens with two attached hydrogens (primary N) is 1. The third kappa shape index (κ3) is 5.33. The number of rotatable bonds is 5. The van der Waals surface area contributed by atoms with Crippen molar-refractivity contribution in [2.75, 3.05) is 44.3 Å². The Kier molecular flexibility index (Phi) is 6.87. The quantitative estimate of drug-likeness (QED) is 0.407. The number of halogens is 1. The average Bonchev–Trinajstić information content (AvgIpc) is 2.86. The zero-order valence-electron chi connectivity index (χ0n) is 20.5. The van der Waals surface area contributed by atoms with Crippen molar-refractivity contribution in [3.8, 4) is 11.1 Å². The molecule has 1 saturated heterocycles. The smallest absolute Gasteiger partial charge is 0.255 e. The van der Waals surface area contributed by atoms with Crippen LogP contribution in [0, 0.1) is 6.92 Å². The summed E-state index contributed by atoms with van der Waals surface area (Å²) in [4.78, 5) is 26.0. The minimum absolute atomic E-state index is 0.171. The van der Waals surface area contributed by atoms with Crippen molar-refractivity contribution >= 4 is 40.0 Å². The lowest BCUT2D eigenvalue weighted by Crippen LogP contribution is -2.43. The lowest BCUT2D eigenvalue weighted by molar-refractivity contribution is 0.102. The zero-order valence-corrected chi connectivity index (χ0v) is 21.2. The maximum atomic E-state index is 13.0. The second kappa shape index (κ2) is 10.2. The SMILES string of the molecule is Cc1cc(C(=O)Nc2ccc(CN3CCN(C)CC3)c(Cl)c2)ccc1-c1ccc2nc(N)ncc2c1. The van der Waals surface area contributed by atoms with Crippen molar-refractivity contribution in [2.24, 2.45) is 0 Å². The first-order valence-corrected chi connectivity index (χ1v) is 12.4. The number of amides is 1. The van der Waals surface area contributed by atoms with Crippen LogP contribution < -0.4 is 11.1 Å². The number of piperazine rings is 1. The van der Waals surface area contributed by atoms with E-state index in [2.05, 4.69) is 32.1 Å². The molecule has 0 unspecified atom stereocenters. The molecule has 4 aromatic rings. The van der Waals surface area contributed by atoms with E-state index < -0.39 is 0 Å². The Labute approximate surface area is 215 Å². The first-order chi connectivity index (χ1) is 17.4. The van der Waals surface area contributed by atoms with Gasteiger partial charge >= 0.3 is 0 Å². The van der Waals surface area contributed by atoms with Crippen LogP contribution in [0.5, 0.6) is 0 Å². The maximum Gasteiger partial charge on any atom is 0.255 e. The molecule has 1 fully saturated rings. The molecule has 0 aliphatic carbocycles. The molecule has 1 aromatic heterocycles. The van der Waals surface area contributed by atoms with Crippen LogP contribution >= 0.6 is 11.6 Å². The molecule has 3 aromatic carbocycles. The highest BCUT2D eigenvalue weighted by molar-refractivity contribution is 6.31. The molecule has 3 N–H and O–H groups in total. The molecule has 5 rings (SSSR count). The number of likely N-dealkylation sites (N-methyl/N-ethyl adjacent to an activating group) is 1. The lowest BCUT2D eigenvalue weighted by Gasteiger charge is -2.32. The first-order valence-electron chi connectivity index (χ1n) is 12.0. The van der Waals surface area contributed by atoms with Gasteiger partial charge in [-0.1, -0.05) is 29.8 Å². The van der Waals surface area contributed by atoms with E-state index in [9.17, 15) is 4.79 Å². The fourth-order valence-electron chi connectivity index (χ4n) is 4.55. The van der Waals surface area contributed by atoms with E-state index in [0.717, 1.165) is 65.9 Å². The van der Waals surface area contributed by atoms with Gasteiger partial charge in [0.15, 0.2) is 0 Å². The Bertz CT molecular complexity index is 1430. The number of carbonyl (C=O) groups excluding carboxylic acids is 1. The zero-order chi connectivity index (χ0) is 25.2. The van der Waals surface area contributed by atoms with Gasteiger partial charge in [0, 0.05) is 60.6 Å². The number of benzene rings is 3. The molecule has 0 spiro atoms. The molecule has 0 radical (unpaired) electrons. The highest BCUT2D eigenvalue weighted by Crippen LogP contribution is 2.28. The second-order valence-electron chi connectivity index (χ2n) is 9.37. The van der Waals surface area contributed by atoms with E-state index >= 15 is 0 Å². The molecule has 184 valence electrons. The normalized spacial score (nSPS) is 14.8. The van der Waals surface area contributed by atoms with Crippen molar-refractivity contribution in [3.63, 3.8) is 0 Å². The van der Waals surface area contributed by atoms with Crippen LogP contribution in [0.3, 0.4) is 0 Å². The molecular weight excluding hydrogens is 472 g/mol. The van der Waals surface area contributed by atoms with E-state index in [1.165, 1.54) is 0 Å². The van der Waals surface area contributed by atoms with Crippen molar-refractivity contribution in [2.45, 2.75) is 13.5 Å². The molecule has 1 amide bonds. The third-order valence-corrected chi connectivity index (χ3v) is 7.05. The van der Waals surface area contributed by atoms with Crippen LogP contribution in [0.2, 0.25) is 5.02 Å². The summed E-state index contributed by atoms with van der Waals surface area (Å²) in [5, 5.41) is 4.56. The van der Waals surface area contributed by atoms with Crippen molar-refractivity contribution in [1.82, 2.24) is 19.8 Å². The van der Waals surface area contributed by atoms with Crippen LogP contribution in [0.4, 0.5) is 11.6 Å². The summed E-state index contributed by atoms with van der Waals surface area (Å²) < 4.78 is 0. The fourth-order valence-corrected chi connectivity index (χ4v) is 4.79. The molecule has 7 nitrogen and oxygen atoms in total. The number of hydrogen-bond acceptors (Lipinski definition) is 6. The number of carbonyl (C=O) groups is 1. The highest BCUT2D eigenvalue weighted by Gasteiger charge is 2.16. The van der Waals surface area contributed by atoms with Gasteiger partial charge in [-0.05, 0) is 72.6 Å². The van der Waals surface area contributed by atoms with Gasteiger partial charge in [0.2, 0.25) is 5.95 Å². The van der Waals surface area contributed by atoms with E-state index in [1.54, 1.807) is 6.20 Å². The Morgan fingerprint density at radius 2 is 1.86 bits per heavy atom. The van der Waals surface area contributed by atoms with Crippen molar-refractivity contribution < 1.29 is 4.79 Å². The minimum atomic E-state index is -0.171. The number of fused-ring (bicyclic) bond motifs is 1. The van der Waals surface area contributed by atoms with Crippen molar-refractivity contribution in [1.29, 1.82) is 0 Å². The number of aromatic nitrogens is 2. The molecule has 8 heteroatoms. The summed E-state index contributed by atoms with van der Waals surface area (Å²) in [6.45, 7) is 7.00. The van der Waals surface area contributed by atoms with Gasteiger partial charge in [0.25, 0.3) is 5.91 Å². The first kappa shape index (κ1) is 24.2. The van der Waals surface area contributed by atoms with Gasteiger partial charge in [-0.3, -0.25) is 9.69 Å². The van der Waals surface area contributed by atoms with Crippen LogP contribution in [-0.2, 0) is 6.54 Å². The van der Waals surface area contributed by atoms with E-state index in [1.807, 2.05) is 61.5 Å². The number of aryl methyl sites for hydroxylation is 1. The van der Waals surface area contributed by atoms with Crippen LogP contribution in [0.15, 0.2) is 60.8 Å². The molecule has 36 heavy (non-hydrogen) atoms. The van der Waals surface area contributed by atoms with Gasteiger partial charge in [0.05, 0.1) is 5.52 Å².